The molecule has 0 bridgehead atoms. The molecule has 0 saturated heterocycles. The molecule has 0 heterocycles. The molecule has 2 atom stereocenters. The first-order valence-electron chi connectivity index (χ1n) is 4.68. The third-order valence-electron chi connectivity index (χ3n) is 3.60. The molecular formula is C10H15N. The van der Waals surface area contributed by atoms with Gasteiger partial charge in [0.2, 0.25) is 5.54 Å². The van der Waals surface area contributed by atoms with Gasteiger partial charge in [-0.25, -0.2) is 6.57 Å². The molecule has 11 heavy (non-hydrogen) atoms. The Morgan fingerprint density at radius 1 is 1.36 bits per heavy atom. The van der Waals surface area contributed by atoms with Gasteiger partial charge in [-0.05, 0) is 12.8 Å². The summed E-state index contributed by atoms with van der Waals surface area (Å²) in [7, 11) is 0. The summed E-state index contributed by atoms with van der Waals surface area (Å²) < 4.78 is 0. The van der Waals surface area contributed by atoms with Crippen LogP contribution in [0.3, 0.4) is 0 Å². The Labute approximate surface area is 68.6 Å². The van der Waals surface area contributed by atoms with Gasteiger partial charge in [0.25, 0.3) is 0 Å². The molecule has 2 aliphatic carbocycles. The maximum atomic E-state index is 7.19. The Morgan fingerprint density at radius 2 is 1.91 bits per heavy atom. The second-order valence-electron chi connectivity index (χ2n) is 4.19. The molecule has 0 aromatic carbocycles. The summed E-state index contributed by atoms with van der Waals surface area (Å²) in [6.07, 6.45) is 6.57. The van der Waals surface area contributed by atoms with Crippen molar-refractivity contribution in [3.05, 3.63) is 11.4 Å². The lowest BCUT2D eigenvalue weighted by atomic mass is 9.94. The average Bonchev–Trinajstić information content (AvgIpc) is 2.55. The quantitative estimate of drug-likeness (QED) is 0.505. The molecule has 0 amide bonds. The van der Waals surface area contributed by atoms with Gasteiger partial charge in [0.15, 0.2) is 0 Å². The van der Waals surface area contributed by atoms with E-state index in [1.165, 1.54) is 32.1 Å². The Bertz CT molecular complexity index is 197. The highest BCUT2D eigenvalue weighted by Gasteiger charge is 2.64. The lowest BCUT2D eigenvalue weighted by molar-refractivity contribution is 0.441. The summed E-state index contributed by atoms with van der Waals surface area (Å²) in [6, 6.07) is 0. The Kier molecular flexibility index (Phi) is 1.45. The first-order valence-corrected chi connectivity index (χ1v) is 4.68. The molecule has 1 heteroatoms. The summed E-state index contributed by atoms with van der Waals surface area (Å²) in [5, 5.41) is 0. The lowest BCUT2D eigenvalue weighted by Crippen LogP contribution is -2.17. The van der Waals surface area contributed by atoms with Crippen molar-refractivity contribution in [1.82, 2.24) is 0 Å². The molecule has 0 radical (unpaired) electrons. The van der Waals surface area contributed by atoms with Gasteiger partial charge in [-0.3, -0.25) is 0 Å². The first kappa shape index (κ1) is 7.16. The predicted molar refractivity (Wildman–Crippen MR) is 45.1 cm³/mol. The minimum atomic E-state index is 0.122. The monoisotopic (exact) mass is 149 g/mol. The zero-order chi connectivity index (χ0) is 7.90. The molecule has 0 aliphatic heterocycles. The third kappa shape index (κ3) is 0.888. The van der Waals surface area contributed by atoms with Gasteiger partial charge in [0.1, 0.15) is 0 Å². The summed E-state index contributed by atoms with van der Waals surface area (Å²) in [4.78, 5) is 3.84. The standard InChI is InChI=1S/C10H15N/c1-8-7-10(8,11-2)9-5-3-4-6-9/h8-9H,3-7H2,1H3. The van der Waals surface area contributed by atoms with Crippen LogP contribution in [0.4, 0.5) is 0 Å². The number of rotatable bonds is 1. The van der Waals surface area contributed by atoms with Gasteiger partial charge >= 0.3 is 0 Å². The van der Waals surface area contributed by atoms with E-state index in [2.05, 4.69) is 11.8 Å². The second-order valence-corrected chi connectivity index (χ2v) is 4.19. The highest BCUT2D eigenvalue weighted by Crippen LogP contribution is 2.56. The van der Waals surface area contributed by atoms with Crippen LogP contribution in [-0.2, 0) is 0 Å². The molecule has 60 valence electrons. The zero-order valence-corrected chi connectivity index (χ0v) is 7.14. The van der Waals surface area contributed by atoms with Crippen LogP contribution in [0, 0.1) is 18.4 Å². The van der Waals surface area contributed by atoms with Gasteiger partial charge in [0.05, 0.1) is 0 Å². The van der Waals surface area contributed by atoms with E-state index in [0.29, 0.717) is 5.92 Å². The van der Waals surface area contributed by atoms with Gasteiger partial charge in [-0.1, -0.05) is 19.8 Å². The first-order chi connectivity index (χ1) is 5.29. The fourth-order valence-corrected chi connectivity index (χ4v) is 2.67. The topological polar surface area (TPSA) is 4.36 Å². The number of hydrogen-bond donors (Lipinski definition) is 0. The van der Waals surface area contributed by atoms with Crippen LogP contribution in [0.25, 0.3) is 4.85 Å². The lowest BCUT2D eigenvalue weighted by Gasteiger charge is -2.10. The maximum Gasteiger partial charge on any atom is 0.238 e. The van der Waals surface area contributed by atoms with E-state index in [1.54, 1.807) is 0 Å². The largest absolute Gasteiger partial charge is 0.310 e. The van der Waals surface area contributed by atoms with E-state index in [1.807, 2.05) is 0 Å². The van der Waals surface area contributed by atoms with Gasteiger partial charge in [0, 0.05) is 18.3 Å². The van der Waals surface area contributed by atoms with Crippen molar-refractivity contribution >= 4 is 0 Å². The van der Waals surface area contributed by atoms with Crippen LogP contribution in [0.1, 0.15) is 39.0 Å². The summed E-state index contributed by atoms with van der Waals surface area (Å²) >= 11 is 0. The van der Waals surface area contributed by atoms with E-state index < -0.39 is 0 Å². The Morgan fingerprint density at radius 3 is 2.27 bits per heavy atom. The van der Waals surface area contributed by atoms with Crippen molar-refractivity contribution < 1.29 is 0 Å². The van der Waals surface area contributed by atoms with E-state index in [9.17, 15) is 0 Å². The van der Waals surface area contributed by atoms with Crippen LogP contribution in [0.5, 0.6) is 0 Å². The smallest absolute Gasteiger partial charge is 0.238 e. The van der Waals surface area contributed by atoms with Crippen molar-refractivity contribution in [2.45, 2.75) is 44.6 Å². The maximum absolute atomic E-state index is 7.19. The van der Waals surface area contributed by atoms with Crippen molar-refractivity contribution in [1.29, 1.82) is 0 Å². The van der Waals surface area contributed by atoms with E-state index in [-0.39, 0.29) is 5.54 Å². The molecule has 2 rings (SSSR count). The third-order valence-corrected chi connectivity index (χ3v) is 3.60. The normalized spacial score (nSPS) is 43.8. The van der Waals surface area contributed by atoms with E-state index in [4.69, 9.17) is 6.57 Å². The van der Waals surface area contributed by atoms with Crippen LogP contribution in [0.2, 0.25) is 0 Å². The molecule has 2 fully saturated rings. The molecular weight excluding hydrogens is 134 g/mol. The summed E-state index contributed by atoms with van der Waals surface area (Å²) in [6.45, 7) is 9.42. The van der Waals surface area contributed by atoms with Crippen LogP contribution in [-0.4, -0.2) is 5.54 Å². The fourth-order valence-electron chi connectivity index (χ4n) is 2.67. The molecule has 0 spiro atoms. The molecule has 2 aliphatic rings. The number of nitrogens with zero attached hydrogens (tertiary/aromatic N) is 1. The van der Waals surface area contributed by atoms with Crippen LogP contribution >= 0.6 is 0 Å². The minimum absolute atomic E-state index is 0.122. The Hall–Kier alpha value is -0.510. The zero-order valence-electron chi connectivity index (χ0n) is 7.14. The van der Waals surface area contributed by atoms with Crippen molar-refractivity contribution in [3.63, 3.8) is 0 Å². The SMILES string of the molecule is [C-]#[N+]C1(C2CCCC2)CC1C. The molecule has 1 nitrogen and oxygen atoms in total. The van der Waals surface area contributed by atoms with E-state index in [0.717, 1.165) is 5.92 Å². The van der Waals surface area contributed by atoms with Crippen molar-refractivity contribution in [3.8, 4) is 0 Å². The molecule has 0 aromatic heterocycles. The predicted octanol–water partition coefficient (Wildman–Crippen LogP) is 2.87. The Balaban J connectivity index is 2.09. The molecule has 2 saturated carbocycles. The molecule has 2 unspecified atom stereocenters. The fraction of sp³-hybridized carbons (Fsp3) is 0.900. The number of hydrogen-bond acceptors (Lipinski definition) is 0. The van der Waals surface area contributed by atoms with Gasteiger partial charge in [-0.2, -0.15) is 0 Å². The van der Waals surface area contributed by atoms with Crippen molar-refractivity contribution in [2.24, 2.45) is 11.8 Å². The van der Waals surface area contributed by atoms with Crippen LogP contribution in [0.15, 0.2) is 0 Å². The van der Waals surface area contributed by atoms with Crippen LogP contribution < -0.4 is 0 Å². The van der Waals surface area contributed by atoms with E-state index >= 15 is 0 Å². The minimum Gasteiger partial charge on any atom is -0.310 e. The average molecular weight is 149 g/mol. The van der Waals surface area contributed by atoms with Crippen molar-refractivity contribution in [2.75, 3.05) is 0 Å². The second kappa shape index (κ2) is 2.24. The highest BCUT2D eigenvalue weighted by molar-refractivity contribution is 5.20. The summed E-state index contributed by atoms with van der Waals surface area (Å²) in [5.74, 6) is 1.46. The molecule has 0 aromatic rings. The summed E-state index contributed by atoms with van der Waals surface area (Å²) in [5.41, 5.74) is 0.122. The van der Waals surface area contributed by atoms with Gasteiger partial charge < -0.3 is 4.85 Å². The highest BCUT2D eigenvalue weighted by atomic mass is 14.9. The van der Waals surface area contributed by atoms with Gasteiger partial charge in [-0.15, -0.1) is 0 Å². The molecule has 0 N–H and O–H groups in total.